The molecule has 4 heteroatoms. The first kappa shape index (κ1) is 13.9. The van der Waals surface area contributed by atoms with E-state index >= 15 is 0 Å². The Morgan fingerprint density at radius 3 is 2.81 bits per heavy atom. The van der Waals surface area contributed by atoms with E-state index < -0.39 is 0 Å². The van der Waals surface area contributed by atoms with E-state index in [-0.39, 0.29) is 6.04 Å². The summed E-state index contributed by atoms with van der Waals surface area (Å²) >= 11 is 6.07. The quantitative estimate of drug-likeness (QED) is 0.796. The Morgan fingerprint density at radius 1 is 1.14 bits per heavy atom. The minimum absolute atomic E-state index is 0.260. The number of benzene rings is 2. The molecule has 3 nitrogen and oxygen atoms in total. The molecule has 0 amide bonds. The molecule has 106 valence electrons. The van der Waals surface area contributed by atoms with Gasteiger partial charge in [0.25, 0.3) is 0 Å². The second-order valence-corrected chi connectivity index (χ2v) is 5.20. The number of rotatable bonds is 3. The number of nitrogens with zero attached hydrogens (tertiary/aromatic N) is 1. The molecule has 0 radical (unpaired) electrons. The average Bonchev–Trinajstić information content (AvgIpc) is 2.54. The lowest BCUT2D eigenvalue weighted by Crippen LogP contribution is -2.12. The third-order valence-electron chi connectivity index (χ3n) is 3.55. The third-order valence-corrected chi connectivity index (χ3v) is 3.86. The van der Waals surface area contributed by atoms with Gasteiger partial charge in [-0.3, -0.25) is 4.98 Å². The van der Waals surface area contributed by atoms with Crippen molar-refractivity contribution in [3.8, 4) is 5.75 Å². The lowest BCUT2D eigenvalue weighted by molar-refractivity contribution is 0.414. The molecule has 3 rings (SSSR count). The molecule has 0 saturated carbocycles. The normalized spacial score (nSPS) is 12.3. The van der Waals surface area contributed by atoms with Crippen molar-refractivity contribution in [3.63, 3.8) is 0 Å². The molecular weight excluding hydrogens is 284 g/mol. The van der Waals surface area contributed by atoms with E-state index in [9.17, 15) is 0 Å². The highest BCUT2D eigenvalue weighted by Gasteiger charge is 2.14. The molecule has 0 aliphatic heterocycles. The van der Waals surface area contributed by atoms with Crippen molar-refractivity contribution < 1.29 is 4.74 Å². The van der Waals surface area contributed by atoms with Crippen molar-refractivity contribution >= 4 is 22.5 Å². The Balaban J connectivity index is 2.10. The maximum Gasteiger partial charge on any atom is 0.137 e. The van der Waals surface area contributed by atoms with Crippen LogP contribution in [0, 0.1) is 0 Å². The molecule has 0 fully saturated rings. The molecule has 0 spiro atoms. The fourth-order valence-corrected chi connectivity index (χ4v) is 2.64. The van der Waals surface area contributed by atoms with Gasteiger partial charge in [0.1, 0.15) is 5.75 Å². The number of fused-ring (bicyclic) bond motifs is 1. The van der Waals surface area contributed by atoms with Crippen LogP contribution >= 0.6 is 11.6 Å². The van der Waals surface area contributed by atoms with Crippen LogP contribution in [-0.2, 0) is 0 Å². The Labute approximate surface area is 128 Å². The van der Waals surface area contributed by atoms with E-state index in [0.29, 0.717) is 10.8 Å². The molecule has 2 N–H and O–H groups in total. The average molecular weight is 299 g/mol. The van der Waals surface area contributed by atoms with Crippen molar-refractivity contribution in [2.75, 3.05) is 7.11 Å². The summed E-state index contributed by atoms with van der Waals surface area (Å²) in [6.45, 7) is 0. The number of nitrogens with two attached hydrogens (primary N) is 1. The summed E-state index contributed by atoms with van der Waals surface area (Å²) in [5.74, 6) is 0.628. The Kier molecular flexibility index (Phi) is 3.78. The minimum atomic E-state index is -0.260. The number of pyridine rings is 1. The van der Waals surface area contributed by atoms with Crippen LogP contribution in [0.2, 0.25) is 5.02 Å². The van der Waals surface area contributed by atoms with Gasteiger partial charge in [-0.25, -0.2) is 0 Å². The number of halogens is 1. The first-order chi connectivity index (χ1) is 10.2. The molecule has 0 aliphatic carbocycles. The van der Waals surface area contributed by atoms with Crippen LogP contribution in [0.3, 0.4) is 0 Å². The van der Waals surface area contributed by atoms with Gasteiger partial charge in [0, 0.05) is 11.6 Å². The molecule has 21 heavy (non-hydrogen) atoms. The van der Waals surface area contributed by atoms with E-state index in [0.717, 1.165) is 22.0 Å². The highest BCUT2D eigenvalue weighted by Crippen LogP contribution is 2.31. The van der Waals surface area contributed by atoms with Crippen LogP contribution in [0.15, 0.2) is 54.7 Å². The molecule has 1 unspecified atom stereocenters. The fourth-order valence-electron chi connectivity index (χ4n) is 2.45. The summed E-state index contributed by atoms with van der Waals surface area (Å²) in [7, 11) is 1.60. The van der Waals surface area contributed by atoms with Crippen molar-refractivity contribution in [2.24, 2.45) is 5.73 Å². The van der Waals surface area contributed by atoms with Gasteiger partial charge in [0.2, 0.25) is 0 Å². The van der Waals surface area contributed by atoms with Gasteiger partial charge in [-0.15, -0.1) is 0 Å². The van der Waals surface area contributed by atoms with E-state index in [1.165, 1.54) is 0 Å². The Morgan fingerprint density at radius 2 is 2.00 bits per heavy atom. The lowest BCUT2D eigenvalue weighted by Gasteiger charge is -2.16. The number of hydrogen-bond donors (Lipinski definition) is 1. The van der Waals surface area contributed by atoms with Gasteiger partial charge in [-0.05, 0) is 35.4 Å². The monoisotopic (exact) mass is 298 g/mol. The molecule has 0 bridgehead atoms. The van der Waals surface area contributed by atoms with Gasteiger partial charge in [0.05, 0.1) is 23.7 Å². The van der Waals surface area contributed by atoms with Crippen molar-refractivity contribution in [2.45, 2.75) is 6.04 Å². The molecule has 2 aromatic carbocycles. The Bertz CT molecular complexity index is 783. The smallest absolute Gasteiger partial charge is 0.137 e. The molecular formula is C17H15ClN2O. The third kappa shape index (κ3) is 2.58. The van der Waals surface area contributed by atoms with Crippen molar-refractivity contribution in [1.29, 1.82) is 0 Å². The maximum atomic E-state index is 6.43. The molecule has 0 saturated heterocycles. The summed E-state index contributed by atoms with van der Waals surface area (Å²) in [4.78, 5) is 4.36. The van der Waals surface area contributed by atoms with Gasteiger partial charge in [0.15, 0.2) is 0 Å². The predicted molar refractivity (Wildman–Crippen MR) is 85.8 cm³/mol. The van der Waals surface area contributed by atoms with Crippen molar-refractivity contribution in [3.05, 3.63) is 70.9 Å². The largest absolute Gasteiger partial charge is 0.495 e. The van der Waals surface area contributed by atoms with Gasteiger partial charge >= 0.3 is 0 Å². The Hall–Kier alpha value is -2.10. The number of aromatic nitrogens is 1. The summed E-state index contributed by atoms with van der Waals surface area (Å²) in [5.41, 5.74) is 9.35. The predicted octanol–water partition coefficient (Wildman–Crippen LogP) is 3.94. The van der Waals surface area contributed by atoms with Crippen molar-refractivity contribution in [1.82, 2.24) is 4.98 Å². The summed E-state index contributed by atoms with van der Waals surface area (Å²) in [6, 6.07) is 15.3. The topological polar surface area (TPSA) is 48.1 Å². The number of ether oxygens (including phenoxy) is 1. The summed E-state index contributed by atoms with van der Waals surface area (Å²) < 4.78 is 5.26. The van der Waals surface area contributed by atoms with Gasteiger partial charge in [-0.2, -0.15) is 0 Å². The van der Waals surface area contributed by atoms with Gasteiger partial charge in [-0.1, -0.05) is 35.9 Å². The fraction of sp³-hybridized carbons (Fsp3) is 0.118. The van der Waals surface area contributed by atoms with Crippen LogP contribution in [0.4, 0.5) is 0 Å². The number of methoxy groups -OCH3 is 1. The van der Waals surface area contributed by atoms with Gasteiger partial charge < -0.3 is 10.5 Å². The minimum Gasteiger partial charge on any atom is -0.495 e. The molecule has 1 aromatic heterocycles. The van der Waals surface area contributed by atoms with E-state index in [1.54, 1.807) is 19.4 Å². The molecule has 3 aromatic rings. The highest BCUT2D eigenvalue weighted by atomic mass is 35.5. The van der Waals surface area contributed by atoms with Crippen LogP contribution in [0.25, 0.3) is 10.9 Å². The van der Waals surface area contributed by atoms with Crippen LogP contribution < -0.4 is 10.5 Å². The number of hydrogen-bond acceptors (Lipinski definition) is 3. The standard InChI is InChI=1S/C17H15ClN2O/c1-21-16-10-11(7-8-14(16)18)17(19)13-4-2-6-15-12(13)5-3-9-20-15/h2-10,17H,19H2,1H3. The molecule has 1 atom stereocenters. The zero-order valence-corrected chi connectivity index (χ0v) is 12.3. The first-order valence-corrected chi connectivity index (χ1v) is 7.01. The second kappa shape index (κ2) is 5.72. The zero-order valence-electron chi connectivity index (χ0n) is 11.6. The van der Waals surface area contributed by atoms with Crippen LogP contribution in [0.5, 0.6) is 5.75 Å². The van der Waals surface area contributed by atoms with Crippen LogP contribution in [0.1, 0.15) is 17.2 Å². The van der Waals surface area contributed by atoms with E-state index in [1.807, 2.05) is 42.5 Å². The van der Waals surface area contributed by atoms with E-state index in [2.05, 4.69) is 4.98 Å². The zero-order chi connectivity index (χ0) is 14.8. The van der Waals surface area contributed by atoms with E-state index in [4.69, 9.17) is 22.1 Å². The molecule has 0 aliphatic rings. The lowest BCUT2D eigenvalue weighted by atomic mass is 9.96. The molecule has 1 heterocycles. The summed E-state index contributed by atoms with van der Waals surface area (Å²) in [5, 5.41) is 1.63. The second-order valence-electron chi connectivity index (χ2n) is 4.79. The SMILES string of the molecule is COc1cc(C(N)c2cccc3ncccc23)ccc1Cl. The first-order valence-electron chi connectivity index (χ1n) is 6.63. The van der Waals surface area contributed by atoms with Crippen LogP contribution in [-0.4, -0.2) is 12.1 Å². The maximum absolute atomic E-state index is 6.43. The highest BCUT2D eigenvalue weighted by molar-refractivity contribution is 6.32. The summed E-state index contributed by atoms with van der Waals surface area (Å²) in [6.07, 6.45) is 1.78.